The average Bonchev–Trinajstić information content (AvgIpc) is 1.85. The third-order valence-electron chi connectivity index (χ3n) is 1.54. The van der Waals surface area contributed by atoms with Crippen LogP contribution in [0, 0.1) is 5.92 Å². The summed E-state index contributed by atoms with van der Waals surface area (Å²) in [6, 6.07) is 0. The second-order valence-corrected chi connectivity index (χ2v) is 3.83. The van der Waals surface area contributed by atoms with Gasteiger partial charge in [0.2, 0.25) is 0 Å². The zero-order chi connectivity index (χ0) is 8.91. The molecule has 0 aromatic heterocycles. The van der Waals surface area contributed by atoms with E-state index in [1.807, 2.05) is 20.1 Å². The molecular formula is C9H20N2. The molecule has 0 amide bonds. The maximum absolute atomic E-state index is 5.71. The monoisotopic (exact) mass is 156 g/mol. The average molecular weight is 156 g/mol. The van der Waals surface area contributed by atoms with Gasteiger partial charge in [-0.25, -0.2) is 0 Å². The Morgan fingerprint density at radius 1 is 1.55 bits per heavy atom. The van der Waals surface area contributed by atoms with Gasteiger partial charge in [-0.3, -0.25) is 4.99 Å². The van der Waals surface area contributed by atoms with Crippen LogP contribution in [0.2, 0.25) is 0 Å². The van der Waals surface area contributed by atoms with Crippen LogP contribution in [-0.4, -0.2) is 18.3 Å². The van der Waals surface area contributed by atoms with E-state index in [1.54, 1.807) is 0 Å². The molecule has 0 radical (unpaired) electrons. The molecule has 0 bridgehead atoms. The van der Waals surface area contributed by atoms with E-state index in [2.05, 4.69) is 18.8 Å². The normalized spacial score (nSPS) is 15.7. The third kappa shape index (κ3) is 7.53. The predicted octanol–water partition coefficient (Wildman–Crippen LogP) is 1.84. The van der Waals surface area contributed by atoms with Gasteiger partial charge >= 0.3 is 0 Å². The number of aliphatic imine (C=N–C) groups is 1. The Balaban J connectivity index is 3.61. The first-order valence-corrected chi connectivity index (χ1v) is 4.25. The van der Waals surface area contributed by atoms with E-state index in [1.165, 1.54) is 6.42 Å². The van der Waals surface area contributed by atoms with E-state index >= 15 is 0 Å². The Hall–Kier alpha value is -0.370. The summed E-state index contributed by atoms with van der Waals surface area (Å²) in [5.74, 6) is 0.675. The minimum atomic E-state index is -0.256. The van der Waals surface area contributed by atoms with Crippen molar-refractivity contribution < 1.29 is 0 Å². The summed E-state index contributed by atoms with van der Waals surface area (Å²) >= 11 is 0. The van der Waals surface area contributed by atoms with Crippen molar-refractivity contribution in [2.45, 2.75) is 39.7 Å². The predicted molar refractivity (Wildman–Crippen MR) is 51.1 cm³/mol. The van der Waals surface area contributed by atoms with E-state index in [9.17, 15) is 0 Å². The lowest BCUT2D eigenvalue weighted by atomic mass is 10.1. The molecule has 1 atom stereocenters. The van der Waals surface area contributed by atoms with Crippen LogP contribution >= 0.6 is 0 Å². The number of rotatable bonds is 4. The quantitative estimate of drug-likeness (QED) is 0.620. The summed E-state index contributed by atoms with van der Waals surface area (Å²) in [6.07, 6.45) is 3.02. The molecule has 2 heteroatoms. The van der Waals surface area contributed by atoms with Crippen LogP contribution in [0.3, 0.4) is 0 Å². The lowest BCUT2D eigenvalue weighted by molar-refractivity contribution is 0.574. The van der Waals surface area contributed by atoms with Gasteiger partial charge in [0.1, 0.15) is 0 Å². The van der Waals surface area contributed by atoms with E-state index in [0.29, 0.717) is 5.92 Å². The van der Waals surface area contributed by atoms with E-state index < -0.39 is 0 Å². The van der Waals surface area contributed by atoms with Gasteiger partial charge in [-0.1, -0.05) is 20.3 Å². The summed E-state index contributed by atoms with van der Waals surface area (Å²) in [7, 11) is 0. The molecule has 0 aromatic rings. The Kier molecular flexibility index (Phi) is 4.34. The number of nitrogens with two attached hydrogens (primary N) is 1. The van der Waals surface area contributed by atoms with Crippen molar-refractivity contribution in [3.63, 3.8) is 0 Å². The zero-order valence-electron chi connectivity index (χ0n) is 8.09. The highest BCUT2D eigenvalue weighted by Crippen LogP contribution is 2.00. The lowest BCUT2D eigenvalue weighted by Crippen LogP contribution is -2.33. The molecule has 1 unspecified atom stereocenters. The van der Waals surface area contributed by atoms with Crippen molar-refractivity contribution in [2.75, 3.05) is 6.54 Å². The highest BCUT2D eigenvalue weighted by atomic mass is 14.8. The summed E-state index contributed by atoms with van der Waals surface area (Å²) in [5, 5.41) is 0. The van der Waals surface area contributed by atoms with Crippen LogP contribution in [-0.2, 0) is 0 Å². The minimum absolute atomic E-state index is 0.256. The fraction of sp³-hybridized carbons (Fsp3) is 0.889. The maximum atomic E-state index is 5.71. The highest BCUT2D eigenvalue weighted by molar-refractivity contribution is 5.68. The molecule has 0 saturated heterocycles. The first-order chi connectivity index (χ1) is 4.95. The number of hydrogen-bond donors (Lipinski definition) is 1. The lowest BCUT2D eigenvalue weighted by Gasteiger charge is -2.11. The second kappa shape index (κ2) is 4.50. The fourth-order valence-electron chi connectivity index (χ4n) is 0.597. The van der Waals surface area contributed by atoms with Gasteiger partial charge in [0.05, 0.1) is 0 Å². The number of hydrogen-bond acceptors (Lipinski definition) is 2. The van der Waals surface area contributed by atoms with Crippen molar-refractivity contribution >= 4 is 6.21 Å². The second-order valence-electron chi connectivity index (χ2n) is 3.83. The molecule has 0 aromatic carbocycles. The molecule has 2 nitrogen and oxygen atoms in total. The van der Waals surface area contributed by atoms with Crippen LogP contribution in [0.25, 0.3) is 0 Å². The van der Waals surface area contributed by atoms with Gasteiger partial charge in [0, 0.05) is 18.3 Å². The topological polar surface area (TPSA) is 38.4 Å². The maximum Gasteiger partial charge on any atom is 0.0451 e. The van der Waals surface area contributed by atoms with Crippen LogP contribution < -0.4 is 5.73 Å². The first-order valence-electron chi connectivity index (χ1n) is 4.25. The van der Waals surface area contributed by atoms with Gasteiger partial charge in [-0.15, -0.1) is 0 Å². The van der Waals surface area contributed by atoms with Crippen LogP contribution in [0.15, 0.2) is 4.99 Å². The smallest absolute Gasteiger partial charge is 0.0451 e. The Labute approximate surface area is 69.9 Å². The molecule has 0 rings (SSSR count). The van der Waals surface area contributed by atoms with E-state index in [4.69, 9.17) is 5.73 Å². The molecule has 2 N–H and O–H groups in total. The molecule has 0 spiro atoms. The van der Waals surface area contributed by atoms with Gasteiger partial charge in [-0.05, 0) is 19.8 Å². The summed E-state index contributed by atoms with van der Waals surface area (Å²) < 4.78 is 0. The summed E-state index contributed by atoms with van der Waals surface area (Å²) in [5.41, 5.74) is 5.46. The van der Waals surface area contributed by atoms with Crippen molar-refractivity contribution in [1.82, 2.24) is 0 Å². The largest absolute Gasteiger partial charge is 0.321 e. The SMILES string of the molecule is CCC(C)CN=CC(C)(C)N. The van der Waals surface area contributed by atoms with Crippen LogP contribution in [0.4, 0.5) is 0 Å². The molecule has 0 aliphatic heterocycles. The zero-order valence-corrected chi connectivity index (χ0v) is 8.09. The summed E-state index contributed by atoms with van der Waals surface area (Å²) in [4.78, 5) is 4.26. The van der Waals surface area contributed by atoms with Gasteiger partial charge in [0.15, 0.2) is 0 Å². The van der Waals surface area contributed by atoms with Crippen molar-refractivity contribution in [3.8, 4) is 0 Å². The molecule has 0 saturated carbocycles. The molecular weight excluding hydrogens is 136 g/mol. The number of nitrogens with zero attached hydrogens (tertiary/aromatic N) is 1. The van der Waals surface area contributed by atoms with Crippen molar-refractivity contribution in [3.05, 3.63) is 0 Å². The molecule has 11 heavy (non-hydrogen) atoms. The standard InChI is InChI=1S/C9H20N2/c1-5-8(2)6-11-7-9(3,4)10/h7-8H,5-6,10H2,1-4H3. The third-order valence-corrected chi connectivity index (χ3v) is 1.54. The van der Waals surface area contributed by atoms with Gasteiger partial charge < -0.3 is 5.73 Å². The molecule has 0 aliphatic carbocycles. The molecule has 0 fully saturated rings. The summed E-state index contributed by atoms with van der Waals surface area (Å²) in [6.45, 7) is 9.17. The van der Waals surface area contributed by atoms with Crippen LogP contribution in [0.1, 0.15) is 34.1 Å². The van der Waals surface area contributed by atoms with E-state index in [0.717, 1.165) is 6.54 Å². The Morgan fingerprint density at radius 2 is 2.09 bits per heavy atom. The van der Waals surface area contributed by atoms with Crippen molar-refractivity contribution in [2.24, 2.45) is 16.6 Å². The fourth-order valence-corrected chi connectivity index (χ4v) is 0.597. The minimum Gasteiger partial charge on any atom is -0.321 e. The Bertz CT molecular complexity index is 122. The van der Waals surface area contributed by atoms with Crippen LogP contribution in [0.5, 0.6) is 0 Å². The first kappa shape index (κ1) is 10.6. The molecule has 0 aliphatic rings. The van der Waals surface area contributed by atoms with Gasteiger partial charge in [-0.2, -0.15) is 0 Å². The Morgan fingerprint density at radius 3 is 2.45 bits per heavy atom. The highest BCUT2D eigenvalue weighted by Gasteiger charge is 2.05. The molecule has 66 valence electrons. The molecule has 0 heterocycles. The van der Waals surface area contributed by atoms with Gasteiger partial charge in [0.25, 0.3) is 0 Å². The van der Waals surface area contributed by atoms with Crippen molar-refractivity contribution in [1.29, 1.82) is 0 Å². The van der Waals surface area contributed by atoms with E-state index in [-0.39, 0.29) is 5.54 Å².